The van der Waals surface area contributed by atoms with Crippen LogP contribution in [0.3, 0.4) is 0 Å². The smallest absolute Gasteiger partial charge is 0.337 e. The molecule has 3 nitrogen and oxygen atoms in total. The first kappa shape index (κ1) is 20.8. The Balaban J connectivity index is 1.77. The normalized spacial score (nSPS) is 11.8. The minimum Gasteiger partial charge on any atom is -0.337 e. The lowest BCUT2D eigenvalue weighted by Crippen LogP contribution is -2.04. The van der Waals surface area contributed by atoms with E-state index in [2.05, 4.69) is 35.9 Å². The Morgan fingerprint density at radius 3 is 2.00 bits per heavy atom. The number of aromatic amines is 1. The number of benzene rings is 2. The van der Waals surface area contributed by atoms with Crippen molar-refractivity contribution in [3.8, 4) is 33.9 Å². The summed E-state index contributed by atoms with van der Waals surface area (Å²) >= 11 is 0. The summed E-state index contributed by atoms with van der Waals surface area (Å²) in [5.74, 6) is 1.23. The molecule has 4 aromatic rings. The predicted molar refractivity (Wildman–Crippen MR) is 116 cm³/mol. The van der Waals surface area contributed by atoms with Crippen molar-refractivity contribution in [2.45, 2.75) is 26.4 Å². The number of nitrogens with one attached hydrogen (secondary N) is 1. The number of H-pyrrole nitrogens is 1. The third kappa shape index (κ3) is 4.68. The van der Waals surface area contributed by atoms with E-state index in [-0.39, 0.29) is 0 Å². The van der Waals surface area contributed by atoms with Crippen molar-refractivity contribution >= 4 is 0 Å². The quantitative estimate of drug-likeness (QED) is 0.376. The maximum absolute atomic E-state index is 13.0. The van der Waals surface area contributed by atoms with Crippen molar-refractivity contribution in [1.82, 2.24) is 15.0 Å². The van der Waals surface area contributed by atoms with Crippen molar-refractivity contribution < 1.29 is 13.2 Å². The number of aromatic nitrogens is 3. The minimum atomic E-state index is -4.37. The van der Waals surface area contributed by atoms with Crippen molar-refractivity contribution in [2.24, 2.45) is 5.92 Å². The van der Waals surface area contributed by atoms with Gasteiger partial charge in [-0.05, 0) is 42.2 Å². The molecule has 158 valence electrons. The van der Waals surface area contributed by atoms with E-state index in [4.69, 9.17) is 4.98 Å². The van der Waals surface area contributed by atoms with E-state index in [1.807, 2.05) is 24.3 Å². The summed E-state index contributed by atoms with van der Waals surface area (Å²) in [7, 11) is 0. The molecule has 0 spiro atoms. The molecule has 0 aliphatic heterocycles. The van der Waals surface area contributed by atoms with E-state index >= 15 is 0 Å². The van der Waals surface area contributed by atoms with Gasteiger partial charge in [-0.3, -0.25) is 4.98 Å². The first-order valence-corrected chi connectivity index (χ1v) is 10.1. The van der Waals surface area contributed by atoms with Crippen molar-refractivity contribution in [3.63, 3.8) is 0 Å². The SMILES string of the molecule is CC(C)Cc1ccc(-c2nc(-c3ccc(C(F)(F)F)cc3)c(-c3ccncc3)[nH]2)cc1. The van der Waals surface area contributed by atoms with Crippen LogP contribution in [0.2, 0.25) is 0 Å². The third-order valence-corrected chi connectivity index (χ3v) is 5.03. The molecule has 0 bridgehead atoms. The van der Waals surface area contributed by atoms with Crippen LogP contribution in [0.15, 0.2) is 73.1 Å². The number of pyridine rings is 1. The molecule has 0 unspecified atom stereocenters. The fraction of sp³-hybridized carbons (Fsp3) is 0.200. The standard InChI is InChI=1S/C25H22F3N3/c1-16(2)15-17-3-5-20(6-4-17)24-30-22(23(31-24)19-11-13-29-14-12-19)18-7-9-21(10-8-18)25(26,27)28/h3-14,16H,15H2,1-2H3,(H,30,31). The van der Waals surface area contributed by atoms with Gasteiger partial charge in [-0.25, -0.2) is 4.98 Å². The van der Waals surface area contributed by atoms with Crippen LogP contribution in [0.25, 0.3) is 33.9 Å². The second-order valence-corrected chi connectivity index (χ2v) is 7.91. The van der Waals surface area contributed by atoms with Crippen molar-refractivity contribution in [2.75, 3.05) is 0 Å². The summed E-state index contributed by atoms with van der Waals surface area (Å²) in [4.78, 5) is 12.2. The van der Waals surface area contributed by atoms with Gasteiger partial charge in [0, 0.05) is 29.1 Å². The number of rotatable bonds is 5. The monoisotopic (exact) mass is 421 g/mol. The highest BCUT2D eigenvalue weighted by atomic mass is 19.4. The summed E-state index contributed by atoms with van der Waals surface area (Å²) in [6.07, 6.45) is -0.0292. The topological polar surface area (TPSA) is 41.6 Å². The van der Waals surface area contributed by atoms with Crippen LogP contribution < -0.4 is 0 Å². The molecule has 0 atom stereocenters. The molecule has 2 aromatic heterocycles. The lowest BCUT2D eigenvalue weighted by molar-refractivity contribution is -0.137. The van der Waals surface area contributed by atoms with Crippen LogP contribution in [0, 0.1) is 5.92 Å². The maximum Gasteiger partial charge on any atom is 0.416 e. The van der Waals surface area contributed by atoms with Gasteiger partial charge < -0.3 is 4.98 Å². The summed E-state index contributed by atoms with van der Waals surface area (Å²) in [5.41, 5.74) is 4.30. The van der Waals surface area contributed by atoms with Gasteiger partial charge >= 0.3 is 6.18 Å². The summed E-state index contributed by atoms with van der Waals surface area (Å²) < 4.78 is 38.9. The second-order valence-electron chi connectivity index (χ2n) is 7.91. The molecular formula is C25H22F3N3. The molecule has 0 aliphatic carbocycles. The molecule has 6 heteroatoms. The van der Waals surface area contributed by atoms with E-state index in [0.29, 0.717) is 23.0 Å². The number of alkyl halides is 3. The van der Waals surface area contributed by atoms with Crippen LogP contribution in [0.5, 0.6) is 0 Å². The highest BCUT2D eigenvalue weighted by Gasteiger charge is 2.30. The lowest BCUT2D eigenvalue weighted by Gasteiger charge is -2.07. The average molecular weight is 421 g/mol. The summed E-state index contributed by atoms with van der Waals surface area (Å²) in [5, 5.41) is 0. The van der Waals surface area contributed by atoms with Gasteiger partial charge in [0.05, 0.1) is 17.0 Å². The van der Waals surface area contributed by atoms with Crippen LogP contribution in [-0.2, 0) is 12.6 Å². The van der Waals surface area contributed by atoms with Gasteiger partial charge in [-0.1, -0.05) is 50.2 Å². The molecule has 0 fully saturated rings. The molecule has 0 aliphatic rings. The zero-order valence-electron chi connectivity index (χ0n) is 17.2. The Morgan fingerprint density at radius 2 is 1.42 bits per heavy atom. The van der Waals surface area contributed by atoms with E-state index in [9.17, 15) is 13.2 Å². The van der Waals surface area contributed by atoms with Crippen molar-refractivity contribution in [3.05, 3.63) is 84.2 Å². The van der Waals surface area contributed by atoms with Crippen LogP contribution in [0.1, 0.15) is 25.0 Å². The van der Waals surface area contributed by atoms with Gasteiger partial charge in [0.2, 0.25) is 0 Å². The van der Waals surface area contributed by atoms with Gasteiger partial charge in [-0.2, -0.15) is 13.2 Å². The Bertz CT molecular complexity index is 1140. The van der Waals surface area contributed by atoms with Gasteiger partial charge in [0.1, 0.15) is 5.82 Å². The second kappa shape index (κ2) is 8.38. The molecule has 4 rings (SSSR count). The average Bonchev–Trinajstić information content (AvgIpc) is 3.19. The van der Waals surface area contributed by atoms with E-state index < -0.39 is 11.7 Å². The summed E-state index contributed by atoms with van der Waals surface area (Å²) in [6, 6.07) is 17.0. The fourth-order valence-corrected chi connectivity index (χ4v) is 3.53. The highest BCUT2D eigenvalue weighted by Crippen LogP contribution is 2.35. The van der Waals surface area contributed by atoms with Crippen molar-refractivity contribution in [1.29, 1.82) is 0 Å². The van der Waals surface area contributed by atoms with Crippen LogP contribution in [-0.4, -0.2) is 15.0 Å². The molecule has 2 aromatic carbocycles. The number of halogens is 3. The van der Waals surface area contributed by atoms with E-state index in [1.165, 1.54) is 17.7 Å². The molecule has 0 radical (unpaired) electrons. The third-order valence-electron chi connectivity index (χ3n) is 5.03. The number of hydrogen-bond donors (Lipinski definition) is 1. The molecule has 0 saturated heterocycles. The first-order chi connectivity index (χ1) is 14.8. The Labute approximate surface area is 179 Å². The zero-order chi connectivity index (χ0) is 22.0. The van der Waals surface area contributed by atoms with E-state index in [1.54, 1.807) is 12.4 Å². The number of imidazole rings is 1. The Kier molecular flexibility index (Phi) is 5.63. The number of nitrogens with zero attached hydrogens (tertiary/aromatic N) is 2. The Hall–Kier alpha value is -3.41. The van der Waals surface area contributed by atoms with E-state index in [0.717, 1.165) is 35.4 Å². The Morgan fingerprint density at radius 1 is 0.806 bits per heavy atom. The fourth-order valence-electron chi connectivity index (χ4n) is 3.53. The molecular weight excluding hydrogens is 399 g/mol. The van der Waals surface area contributed by atoms with Crippen LogP contribution in [0.4, 0.5) is 13.2 Å². The highest BCUT2D eigenvalue weighted by molar-refractivity contribution is 5.81. The molecule has 31 heavy (non-hydrogen) atoms. The van der Waals surface area contributed by atoms with Crippen LogP contribution >= 0.6 is 0 Å². The zero-order valence-corrected chi connectivity index (χ0v) is 17.2. The number of hydrogen-bond acceptors (Lipinski definition) is 2. The largest absolute Gasteiger partial charge is 0.416 e. The van der Waals surface area contributed by atoms with Gasteiger partial charge in [0.15, 0.2) is 0 Å². The first-order valence-electron chi connectivity index (χ1n) is 10.1. The predicted octanol–water partition coefficient (Wildman–Crippen LogP) is 7.02. The molecule has 0 saturated carbocycles. The van der Waals surface area contributed by atoms with Gasteiger partial charge in [0.25, 0.3) is 0 Å². The molecule has 1 N–H and O–H groups in total. The minimum absolute atomic E-state index is 0.569. The molecule has 0 amide bonds. The van der Waals surface area contributed by atoms with Gasteiger partial charge in [-0.15, -0.1) is 0 Å². The molecule has 2 heterocycles. The lowest BCUT2D eigenvalue weighted by atomic mass is 10.0. The summed E-state index contributed by atoms with van der Waals surface area (Å²) in [6.45, 7) is 4.36. The maximum atomic E-state index is 13.0.